The number of hydrogen-bond donors (Lipinski definition) is 0. The Balaban J connectivity index is 2.44. The fraction of sp³-hybridized carbons (Fsp3) is 0.111. The fourth-order valence-electron chi connectivity index (χ4n) is 2.98. The summed E-state index contributed by atoms with van der Waals surface area (Å²) in [4.78, 5) is 0. The summed E-state index contributed by atoms with van der Waals surface area (Å²) in [6, 6.07) is 19.4. The molecule has 1 heteroatoms. The molecule has 3 aromatic rings. The summed E-state index contributed by atoms with van der Waals surface area (Å²) in [5.41, 5.74) is 6.86. The van der Waals surface area contributed by atoms with Crippen molar-refractivity contribution in [2.24, 2.45) is 0 Å². The summed E-state index contributed by atoms with van der Waals surface area (Å²) in [6.07, 6.45) is 0. The quantitative estimate of drug-likeness (QED) is 0.575. The van der Waals surface area contributed by atoms with Gasteiger partial charge in [0, 0.05) is 0 Å². The van der Waals surface area contributed by atoms with Crippen molar-refractivity contribution in [2.45, 2.75) is 13.8 Å². The van der Waals surface area contributed by atoms with Crippen molar-refractivity contribution in [1.82, 2.24) is 0 Å². The third-order valence-electron chi connectivity index (χ3n) is 4.11. The molecule has 0 aromatic heterocycles. The van der Waals surface area contributed by atoms with E-state index in [9.17, 15) is 0 Å². The summed E-state index contributed by atoms with van der Waals surface area (Å²) in [6.45, 7) is 4.46. The lowest BCUT2D eigenvalue weighted by Gasteiger charge is -2.17. The maximum absolute atomic E-state index is 2.23. The molecule has 0 atom stereocenters. The van der Waals surface area contributed by atoms with Crippen LogP contribution in [0.25, 0.3) is 21.9 Å². The Morgan fingerprint density at radius 1 is 0.684 bits per heavy atom. The van der Waals surface area contributed by atoms with Crippen LogP contribution in [0.5, 0.6) is 0 Å². The van der Waals surface area contributed by atoms with Crippen LogP contribution in [-0.2, 0) is 0 Å². The minimum absolute atomic E-state index is 1.31. The highest BCUT2D eigenvalue weighted by Crippen LogP contribution is 2.29. The van der Waals surface area contributed by atoms with Crippen LogP contribution < -0.4 is 5.46 Å². The highest BCUT2D eigenvalue weighted by molar-refractivity contribution is 6.42. The first kappa shape index (κ1) is 12.0. The topological polar surface area (TPSA) is 0 Å². The second-order valence-electron chi connectivity index (χ2n) is 5.16. The molecule has 0 aliphatic rings. The molecule has 0 amide bonds. The van der Waals surface area contributed by atoms with Crippen LogP contribution in [-0.4, -0.2) is 7.85 Å². The van der Waals surface area contributed by atoms with E-state index in [1.54, 1.807) is 0 Å². The van der Waals surface area contributed by atoms with E-state index in [1.807, 2.05) is 0 Å². The average Bonchev–Trinajstić information content (AvgIpc) is 2.46. The standard InChI is InChI=1S/C18H17B/c1-12-13(2)17(14-8-4-3-5-9-14)18(19)16-11-7-6-10-15(12)16/h3-11H,19H2,1-2H3. The van der Waals surface area contributed by atoms with Crippen LogP contribution in [0, 0.1) is 13.8 Å². The van der Waals surface area contributed by atoms with Crippen LogP contribution in [0.2, 0.25) is 0 Å². The smallest absolute Gasteiger partial charge is 0.0733 e. The van der Waals surface area contributed by atoms with Gasteiger partial charge in [0.25, 0.3) is 0 Å². The lowest BCUT2D eigenvalue weighted by atomic mass is 9.78. The molecule has 0 saturated carbocycles. The monoisotopic (exact) mass is 244 g/mol. The van der Waals surface area contributed by atoms with Crippen molar-refractivity contribution >= 4 is 24.1 Å². The van der Waals surface area contributed by atoms with Gasteiger partial charge in [0.05, 0.1) is 0 Å². The zero-order valence-electron chi connectivity index (χ0n) is 11.7. The van der Waals surface area contributed by atoms with Gasteiger partial charge in [-0.1, -0.05) is 60.1 Å². The van der Waals surface area contributed by atoms with Crippen molar-refractivity contribution in [3.63, 3.8) is 0 Å². The third-order valence-corrected chi connectivity index (χ3v) is 4.11. The van der Waals surface area contributed by atoms with Crippen LogP contribution >= 0.6 is 0 Å². The molecule has 0 fully saturated rings. The van der Waals surface area contributed by atoms with E-state index in [0.717, 1.165) is 0 Å². The number of hydrogen-bond acceptors (Lipinski definition) is 0. The van der Waals surface area contributed by atoms with E-state index >= 15 is 0 Å². The van der Waals surface area contributed by atoms with Crippen LogP contribution in [0.4, 0.5) is 0 Å². The molecule has 0 unspecified atom stereocenters. The molecular formula is C18H17B. The van der Waals surface area contributed by atoms with Gasteiger partial charge in [-0.15, -0.1) is 0 Å². The van der Waals surface area contributed by atoms with Crippen LogP contribution in [0.15, 0.2) is 54.6 Å². The largest absolute Gasteiger partial charge is 0.140 e. The minimum Gasteiger partial charge on any atom is -0.0733 e. The molecule has 0 saturated heterocycles. The van der Waals surface area contributed by atoms with E-state index in [0.29, 0.717) is 0 Å². The normalized spacial score (nSPS) is 10.8. The van der Waals surface area contributed by atoms with Gasteiger partial charge in [-0.25, -0.2) is 0 Å². The van der Waals surface area contributed by atoms with Crippen LogP contribution in [0.3, 0.4) is 0 Å². The summed E-state index contributed by atoms with van der Waals surface area (Å²) in [7, 11) is 2.23. The summed E-state index contributed by atoms with van der Waals surface area (Å²) >= 11 is 0. The Morgan fingerprint density at radius 3 is 1.95 bits per heavy atom. The lowest BCUT2D eigenvalue weighted by molar-refractivity contribution is 1.38. The van der Waals surface area contributed by atoms with Gasteiger partial charge in [0.2, 0.25) is 0 Å². The Hall–Kier alpha value is -2.02. The van der Waals surface area contributed by atoms with Gasteiger partial charge in [0.1, 0.15) is 7.85 Å². The third kappa shape index (κ3) is 1.86. The van der Waals surface area contributed by atoms with Crippen molar-refractivity contribution < 1.29 is 0 Å². The summed E-state index contributed by atoms with van der Waals surface area (Å²) in [5.74, 6) is 0. The van der Waals surface area contributed by atoms with Crippen molar-refractivity contribution in [3.05, 3.63) is 65.7 Å². The van der Waals surface area contributed by atoms with Gasteiger partial charge in [0.15, 0.2) is 0 Å². The van der Waals surface area contributed by atoms with E-state index in [4.69, 9.17) is 0 Å². The van der Waals surface area contributed by atoms with Gasteiger partial charge in [-0.2, -0.15) is 0 Å². The molecule has 0 N–H and O–H groups in total. The predicted molar refractivity (Wildman–Crippen MR) is 87.0 cm³/mol. The van der Waals surface area contributed by atoms with Gasteiger partial charge < -0.3 is 0 Å². The number of fused-ring (bicyclic) bond motifs is 1. The molecule has 19 heavy (non-hydrogen) atoms. The van der Waals surface area contributed by atoms with Crippen molar-refractivity contribution in [2.75, 3.05) is 0 Å². The first-order valence-corrected chi connectivity index (χ1v) is 6.74. The van der Waals surface area contributed by atoms with Gasteiger partial charge in [-0.3, -0.25) is 0 Å². The second kappa shape index (κ2) is 4.58. The molecular weight excluding hydrogens is 227 g/mol. The zero-order valence-corrected chi connectivity index (χ0v) is 11.7. The summed E-state index contributed by atoms with van der Waals surface area (Å²) in [5, 5.41) is 2.74. The van der Waals surface area contributed by atoms with Gasteiger partial charge in [-0.05, 0) is 46.9 Å². The molecule has 0 nitrogen and oxygen atoms in total. The maximum atomic E-state index is 2.23. The fourth-order valence-corrected chi connectivity index (χ4v) is 2.98. The highest BCUT2D eigenvalue weighted by atomic mass is 14.1. The van der Waals surface area contributed by atoms with E-state index in [2.05, 4.69) is 76.3 Å². The maximum Gasteiger partial charge on any atom is 0.140 e. The second-order valence-corrected chi connectivity index (χ2v) is 5.16. The lowest BCUT2D eigenvalue weighted by Crippen LogP contribution is -2.12. The molecule has 0 aliphatic carbocycles. The molecule has 0 heterocycles. The van der Waals surface area contributed by atoms with Crippen molar-refractivity contribution in [3.8, 4) is 11.1 Å². The van der Waals surface area contributed by atoms with E-state index < -0.39 is 0 Å². The SMILES string of the molecule is Bc1c(-c2ccccc2)c(C)c(C)c2ccccc12. The molecule has 0 radical (unpaired) electrons. The number of benzene rings is 3. The van der Waals surface area contributed by atoms with Crippen LogP contribution in [0.1, 0.15) is 11.1 Å². The molecule has 92 valence electrons. The average molecular weight is 244 g/mol. The first-order valence-electron chi connectivity index (χ1n) is 6.74. The first-order chi connectivity index (χ1) is 9.20. The Morgan fingerprint density at radius 2 is 1.26 bits per heavy atom. The Labute approximate surface area is 115 Å². The predicted octanol–water partition coefficient (Wildman–Crippen LogP) is 3.38. The Kier molecular flexibility index (Phi) is 2.90. The number of aryl methyl sites for hydroxylation is 1. The molecule has 0 bridgehead atoms. The minimum atomic E-state index is 1.31. The zero-order chi connectivity index (χ0) is 13.4. The Bertz CT molecular complexity index is 742. The molecule has 0 spiro atoms. The molecule has 3 rings (SSSR count). The number of rotatable bonds is 1. The van der Waals surface area contributed by atoms with E-state index in [1.165, 1.54) is 38.5 Å². The highest BCUT2D eigenvalue weighted by Gasteiger charge is 2.12. The van der Waals surface area contributed by atoms with Gasteiger partial charge >= 0.3 is 0 Å². The van der Waals surface area contributed by atoms with Crippen molar-refractivity contribution in [1.29, 1.82) is 0 Å². The molecule has 0 aliphatic heterocycles. The summed E-state index contributed by atoms with van der Waals surface area (Å²) < 4.78 is 0. The van der Waals surface area contributed by atoms with E-state index in [-0.39, 0.29) is 0 Å². The molecule has 3 aromatic carbocycles.